The monoisotopic (exact) mass is 276 g/mol. The average Bonchev–Trinajstić information content (AvgIpc) is 2.39. The van der Waals surface area contributed by atoms with Gasteiger partial charge in [-0.05, 0) is 0 Å². The molecule has 0 heterocycles. The Morgan fingerprint density at radius 1 is 0.895 bits per heavy atom. The molecule has 0 unspecified atom stereocenters. The molecule has 9 heteroatoms. The van der Waals surface area contributed by atoms with Gasteiger partial charge in [-0.3, -0.25) is 0 Å². The van der Waals surface area contributed by atoms with E-state index in [9.17, 15) is 9.90 Å². The van der Waals surface area contributed by atoms with E-state index >= 15 is 0 Å². The van der Waals surface area contributed by atoms with Crippen LogP contribution in [0.15, 0.2) is 0 Å². The number of nitriles is 6. The van der Waals surface area contributed by atoms with Gasteiger partial charge in [0.25, 0.3) is 0 Å². The van der Waals surface area contributed by atoms with Crippen LogP contribution in [-0.2, 0) is 4.79 Å². The SMILES string of the molecule is N#CC(C#N)C(C#N)(C#N)C(C#N)(C#N)C(=O)[O-].[K+]. The van der Waals surface area contributed by atoms with Crippen LogP contribution >= 0.6 is 0 Å². The number of hydrogen-bond acceptors (Lipinski definition) is 8. The Kier molecular flexibility index (Phi) is 7.63. The zero-order valence-electron chi connectivity index (χ0n) is 9.58. The number of carbonyl (C=O) groups excluding carboxylic acids is 1. The summed E-state index contributed by atoms with van der Waals surface area (Å²) >= 11 is 0. The predicted molar refractivity (Wildman–Crippen MR) is 47.0 cm³/mol. The van der Waals surface area contributed by atoms with Gasteiger partial charge < -0.3 is 9.90 Å². The van der Waals surface area contributed by atoms with Crippen molar-refractivity contribution in [3.05, 3.63) is 0 Å². The minimum Gasteiger partial charge on any atom is -0.547 e. The van der Waals surface area contributed by atoms with E-state index in [2.05, 4.69) is 0 Å². The van der Waals surface area contributed by atoms with Crippen LogP contribution in [0.2, 0.25) is 0 Å². The van der Waals surface area contributed by atoms with Gasteiger partial charge in [-0.1, -0.05) is 0 Å². The fourth-order valence-corrected chi connectivity index (χ4v) is 1.21. The van der Waals surface area contributed by atoms with Crippen LogP contribution in [0.5, 0.6) is 0 Å². The van der Waals surface area contributed by atoms with E-state index in [0.717, 1.165) is 24.3 Å². The van der Waals surface area contributed by atoms with E-state index in [4.69, 9.17) is 31.6 Å². The topological polar surface area (TPSA) is 183 Å². The Morgan fingerprint density at radius 3 is 1.42 bits per heavy atom. The Bertz CT molecular complexity index is 588. The number of rotatable bonds is 3. The van der Waals surface area contributed by atoms with Gasteiger partial charge in [0, 0.05) is 0 Å². The van der Waals surface area contributed by atoms with E-state index < -0.39 is 22.7 Å². The molecule has 0 saturated carbocycles. The molecule has 0 fully saturated rings. The minimum absolute atomic E-state index is 0. The van der Waals surface area contributed by atoms with E-state index in [1.807, 2.05) is 0 Å². The zero-order valence-corrected chi connectivity index (χ0v) is 12.7. The van der Waals surface area contributed by atoms with Crippen molar-refractivity contribution in [2.45, 2.75) is 0 Å². The second-order valence-corrected chi connectivity index (χ2v) is 2.98. The molecule has 0 saturated heterocycles. The fraction of sp³-hybridized carbons (Fsp3) is 0.300. The third kappa shape index (κ3) is 2.58. The molecule has 8 nitrogen and oxygen atoms in total. The first kappa shape index (κ1) is 19.4. The minimum atomic E-state index is -3.23. The third-order valence-electron chi connectivity index (χ3n) is 2.28. The van der Waals surface area contributed by atoms with Crippen molar-refractivity contribution in [3.63, 3.8) is 0 Å². The van der Waals surface area contributed by atoms with E-state index in [1.165, 1.54) is 12.1 Å². The van der Waals surface area contributed by atoms with Crippen molar-refractivity contribution in [1.82, 2.24) is 0 Å². The first-order valence-electron chi connectivity index (χ1n) is 4.12. The molecule has 0 amide bonds. The van der Waals surface area contributed by atoms with Crippen LogP contribution in [0.3, 0.4) is 0 Å². The maximum atomic E-state index is 10.9. The average molecular weight is 276 g/mol. The molecule has 0 radical (unpaired) electrons. The van der Waals surface area contributed by atoms with Crippen LogP contribution in [0.4, 0.5) is 0 Å². The predicted octanol–water partition coefficient (Wildman–Crippen LogP) is -4.53. The maximum Gasteiger partial charge on any atom is 1.00 e. The molecule has 0 aromatic rings. The molecule has 0 aromatic heterocycles. The summed E-state index contributed by atoms with van der Waals surface area (Å²) in [6, 6.07) is 6.66. The number of aliphatic carboxylic acids is 1. The number of carboxylic acids is 1. The summed E-state index contributed by atoms with van der Waals surface area (Å²) in [5.41, 5.74) is -6.19. The molecule has 0 atom stereocenters. The smallest absolute Gasteiger partial charge is 0.547 e. The number of carbonyl (C=O) groups is 1. The maximum absolute atomic E-state index is 10.9. The first-order chi connectivity index (χ1) is 8.46. The molecule has 0 aliphatic carbocycles. The number of nitrogens with zero attached hydrogens (tertiary/aromatic N) is 6. The second kappa shape index (κ2) is 7.47. The standard InChI is InChI=1S/C10H2N6O2.K/c11-1-7(2-12)9(3-13,4-14)10(5-15,6-16)8(17)18;/h7H,(H,17,18);/q;+1/p-1. The molecular weight excluding hydrogens is 275 g/mol. The van der Waals surface area contributed by atoms with Crippen molar-refractivity contribution in [1.29, 1.82) is 31.6 Å². The molecule has 0 rings (SSSR count). The van der Waals surface area contributed by atoms with E-state index in [0.29, 0.717) is 0 Å². The molecule has 0 spiro atoms. The molecule has 84 valence electrons. The summed E-state index contributed by atoms with van der Waals surface area (Å²) in [5, 5.41) is 63.5. The first-order valence-corrected chi connectivity index (χ1v) is 4.12. The molecule has 0 aliphatic heterocycles. The Morgan fingerprint density at radius 2 is 1.26 bits per heavy atom. The van der Waals surface area contributed by atoms with Gasteiger partial charge in [0.1, 0.15) is 0 Å². The van der Waals surface area contributed by atoms with Gasteiger partial charge in [-0.2, -0.15) is 31.6 Å². The third-order valence-corrected chi connectivity index (χ3v) is 2.28. The van der Waals surface area contributed by atoms with Gasteiger partial charge in [0.2, 0.25) is 10.8 Å². The number of hydrogen-bond donors (Lipinski definition) is 0. The van der Waals surface area contributed by atoms with Crippen LogP contribution in [0.25, 0.3) is 0 Å². The van der Waals surface area contributed by atoms with E-state index in [1.54, 1.807) is 0 Å². The summed E-state index contributed by atoms with van der Waals surface area (Å²) in [5.74, 6) is -4.41. The molecule has 0 N–H and O–H groups in total. The molecule has 0 aromatic carbocycles. The van der Waals surface area contributed by atoms with Gasteiger partial charge in [-0.25, -0.2) is 0 Å². The van der Waals surface area contributed by atoms with E-state index in [-0.39, 0.29) is 51.4 Å². The van der Waals surface area contributed by atoms with Gasteiger partial charge in [0.05, 0.1) is 42.4 Å². The molecular formula is C10HKN6O2. The van der Waals surface area contributed by atoms with Crippen molar-refractivity contribution >= 4 is 5.97 Å². The van der Waals surface area contributed by atoms with Crippen LogP contribution in [-0.4, -0.2) is 5.97 Å². The normalized spacial score (nSPS) is 9.21. The van der Waals surface area contributed by atoms with Crippen LogP contribution < -0.4 is 56.5 Å². The number of carboxylic acid groups (broad SMARTS) is 1. The Balaban J connectivity index is 0. The molecule has 0 bridgehead atoms. The quantitative estimate of drug-likeness (QED) is 0.461. The molecule has 19 heavy (non-hydrogen) atoms. The van der Waals surface area contributed by atoms with Crippen LogP contribution in [0, 0.1) is 84.7 Å². The van der Waals surface area contributed by atoms with Crippen molar-refractivity contribution < 1.29 is 61.3 Å². The Hall–Kier alpha value is -1.95. The summed E-state index contributed by atoms with van der Waals surface area (Å²) in [6.45, 7) is 0. The van der Waals surface area contributed by atoms with Gasteiger partial charge in [0.15, 0.2) is 5.92 Å². The Labute approximate surface area is 150 Å². The van der Waals surface area contributed by atoms with Gasteiger partial charge >= 0.3 is 51.4 Å². The van der Waals surface area contributed by atoms with Gasteiger partial charge in [-0.15, -0.1) is 0 Å². The second-order valence-electron chi connectivity index (χ2n) is 2.98. The van der Waals surface area contributed by atoms with Crippen molar-refractivity contribution in [2.75, 3.05) is 0 Å². The van der Waals surface area contributed by atoms with Crippen molar-refractivity contribution in [3.8, 4) is 36.4 Å². The zero-order chi connectivity index (χ0) is 14.4. The summed E-state index contributed by atoms with van der Waals surface area (Å²) < 4.78 is 0. The fourth-order valence-electron chi connectivity index (χ4n) is 1.21. The molecule has 0 aliphatic rings. The van der Waals surface area contributed by atoms with Crippen LogP contribution in [0.1, 0.15) is 0 Å². The van der Waals surface area contributed by atoms with Crippen molar-refractivity contribution in [2.24, 2.45) is 16.7 Å². The summed E-state index contributed by atoms with van der Waals surface area (Å²) in [6.07, 6.45) is 0. The summed E-state index contributed by atoms with van der Waals surface area (Å²) in [7, 11) is 0. The largest absolute Gasteiger partial charge is 1.00 e. The summed E-state index contributed by atoms with van der Waals surface area (Å²) in [4.78, 5) is 10.9.